The van der Waals surface area contributed by atoms with Crippen molar-refractivity contribution in [2.45, 2.75) is 19.4 Å². The van der Waals surface area contributed by atoms with E-state index >= 15 is 0 Å². The van der Waals surface area contributed by atoms with E-state index in [0.29, 0.717) is 28.3 Å². The topological polar surface area (TPSA) is 136 Å². The number of aromatic amines is 1. The number of fused-ring (bicyclic) bond motifs is 2. The molecule has 5 rings (SSSR count). The monoisotopic (exact) mass is 413 g/mol. The van der Waals surface area contributed by atoms with Gasteiger partial charge in [-0.15, -0.1) is 0 Å². The molecule has 0 spiro atoms. The Labute approximate surface area is 171 Å². The second kappa shape index (κ2) is 6.57. The average molecular weight is 414 g/mol. The molecule has 4 heterocycles. The average Bonchev–Trinajstić information content (AvgIpc) is 3.06. The Bertz CT molecular complexity index is 1120. The molecule has 3 aromatic rings. The van der Waals surface area contributed by atoms with Crippen LogP contribution in [0.3, 0.4) is 0 Å². The van der Waals surface area contributed by atoms with Crippen molar-refractivity contribution in [3.8, 4) is 11.8 Å². The first kappa shape index (κ1) is 18.1. The number of H-pyrrole nitrogens is 1. The van der Waals surface area contributed by atoms with Crippen LogP contribution in [0, 0.1) is 11.8 Å². The molecule has 150 valence electrons. The summed E-state index contributed by atoms with van der Waals surface area (Å²) in [6.45, 7) is 3.68. The maximum atomic E-state index is 11.4. The van der Waals surface area contributed by atoms with Gasteiger partial charge in [0.2, 0.25) is 5.91 Å². The number of nitrogens with zero attached hydrogens (tertiary/aromatic N) is 4. The van der Waals surface area contributed by atoms with Crippen LogP contribution in [0.25, 0.3) is 11.0 Å². The number of hydrogen-bond acceptors (Lipinski definition) is 7. The van der Waals surface area contributed by atoms with Gasteiger partial charge in [-0.3, -0.25) is 9.78 Å². The molecule has 0 bridgehead atoms. The standard InChI is InChI=1S/C19H20ClN7O2/c1-2-12-14(20)13-17(24-12)25-19(29-9-3-8(16(22)28)4-23-5-9)26-18(13)27-6-10-11(7-27)15(10)21/h3-5,10-11,15H,2,6-7,21H2,1H3,(H2,22,28)(H,24,25,26). The van der Waals surface area contributed by atoms with Crippen molar-refractivity contribution in [2.75, 3.05) is 18.0 Å². The molecule has 0 aromatic carbocycles. The number of ether oxygens (including phenoxy) is 1. The molecule has 1 saturated heterocycles. The molecule has 2 atom stereocenters. The van der Waals surface area contributed by atoms with Gasteiger partial charge in [0.15, 0.2) is 0 Å². The van der Waals surface area contributed by atoms with Gasteiger partial charge in [-0.1, -0.05) is 18.5 Å². The number of rotatable bonds is 5. The molecule has 1 aliphatic carbocycles. The summed E-state index contributed by atoms with van der Waals surface area (Å²) in [5.41, 5.74) is 13.2. The second-order valence-electron chi connectivity index (χ2n) is 7.51. The number of nitrogens with two attached hydrogens (primary N) is 2. The van der Waals surface area contributed by atoms with Crippen LogP contribution in [-0.4, -0.2) is 45.0 Å². The highest BCUT2D eigenvalue weighted by Crippen LogP contribution is 2.47. The molecule has 9 nitrogen and oxygen atoms in total. The Hall–Kier alpha value is -2.91. The van der Waals surface area contributed by atoms with Gasteiger partial charge in [0, 0.05) is 31.0 Å². The van der Waals surface area contributed by atoms with Crippen LogP contribution in [0.15, 0.2) is 18.5 Å². The smallest absolute Gasteiger partial charge is 0.326 e. The molecular weight excluding hydrogens is 394 g/mol. The number of anilines is 1. The van der Waals surface area contributed by atoms with Crippen LogP contribution in [0.5, 0.6) is 11.8 Å². The molecule has 10 heteroatoms. The van der Waals surface area contributed by atoms with Crippen LogP contribution in [0.4, 0.5) is 5.82 Å². The van der Waals surface area contributed by atoms with Crippen molar-refractivity contribution in [3.05, 3.63) is 34.7 Å². The number of primary amides is 1. The van der Waals surface area contributed by atoms with Gasteiger partial charge in [-0.2, -0.15) is 9.97 Å². The molecule has 1 amide bonds. The van der Waals surface area contributed by atoms with E-state index in [4.69, 9.17) is 27.8 Å². The maximum Gasteiger partial charge on any atom is 0.326 e. The van der Waals surface area contributed by atoms with Crippen LogP contribution in [0.2, 0.25) is 5.02 Å². The number of hydrogen-bond donors (Lipinski definition) is 3. The van der Waals surface area contributed by atoms with Gasteiger partial charge >= 0.3 is 6.01 Å². The lowest BCUT2D eigenvalue weighted by Gasteiger charge is -2.21. The highest BCUT2D eigenvalue weighted by molar-refractivity contribution is 6.37. The third-order valence-electron chi connectivity index (χ3n) is 5.74. The number of halogens is 1. The number of aryl methyl sites for hydroxylation is 1. The number of pyridine rings is 1. The number of carbonyl (C=O) groups excluding carboxylic acids is 1. The van der Waals surface area contributed by atoms with E-state index < -0.39 is 5.91 Å². The Morgan fingerprint density at radius 1 is 1.34 bits per heavy atom. The summed E-state index contributed by atoms with van der Waals surface area (Å²) >= 11 is 6.62. The predicted octanol–water partition coefficient (Wildman–Crippen LogP) is 1.85. The molecule has 5 N–H and O–H groups in total. The summed E-state index contributed by atoms with van der Waals surface area (Å²) in [7, 11) is 0. The normalized spacial score (nSPS) is 22.7. The minimum absolute atomic E-state index is 0.140. The van der Waals surface area contributed by atoms with E-state index in [1.54, 1.807) is 0 Å². The minimum Gasteiger partial charge on any atom is -0.423 e. The van der Waals surface area contributed by atoms with Crippen molar-refractivity contribution in [2.24, 2.45) is 23.3 Å². The van der Waals surface area contributed by atoms with E-state index in [0.717, 1.165) is 36.4 Å². The summed E-state index contributed by atoms with van der Waals surface area (Å²) in [4.78, 5) is 30.0. The third kappa shape index (κ3) is 2.97. The van der Waals surface area contributed by atoms with Gasteiger partial charge in [0.25, 0.3) is 0 Å². The first-order valence-electron chi connectivity index (χ1n) is 9.47. The molecular formula is C19H20ClN7O2. The number of nitrogens with one attached hydrogen (secondary N) is 1. The van der Waals surface area contributed by atoms with Gasteiger partial charge in [-0.25, -0.2) is 0 Å². The molecule has 29 heavy (non-hydrogen) atoms. The van der Waals surface area contributed by atoms with Gasteiger partial charge < -0.3 is 26.1 Å². The van der Waals surface area contributed by atoms with Crippen molar-refractivity contribution >= 4 is 34.4 Å². The fraction of sp³-hybridized carbons (Fsp3) is 0.368. The van der Waals surface area contributed by atoms with E-state index in [2.05, 4.69) is 24.8 Å². The number of piperidine rings is 1. The van der Waals surface area contributed by atoms with Crippen molar-refractivity contribution in [1.82, 2.24) is 19.9 Å². The zero-order valence-corrected chi connectivity index (χ0v) is 16.5. The first-order valence-corrected chi connectivity index (χ1v) is 9.85. The fourth-order valence-electron chi connectivity index (χ4n) is 4.05. The van der Waals surface area contributed by atoms with Crippen molar-refractivity contribution in [1.29, 1.82) is 0 Å². The van der Waals surface area contributed by atoms with Gasteiger partial charge in [-0.05, 0) is 24.3 Å². The lowest BCUT2D eigenvalue weighted by atomic mass is 10.2. The van der Waals surface area contributed by atoms with E-state index in [1.807, 2.05) is 6.92 Å². The van der Waals surface area contributed by atoms with E-state index in [1.165, 1.54) is 18.5 Å². The van der Waals surface area contributed by atoms with Crippen molar-refractivity contribution < 1.29 is 9.53 Å². The number of aromatic nitrogens is 4. The first-order chi connectivity index (χ1) is 14.0. The Kier molecular flexibility index (Phi) is 4.11. The summed E-state index contributed by atoms with van der Waals surface area (Å²) < 4.78 is 5.81. The predicted molar refractivity (Wildman–Crippen MR) is 108 cm³/mol. The highest BCUT2D eigenvalue weighted by Gasteiger charge is 2.54. The maximum absolute atomic E-state index is 11.4. The van der Waals surface area contributed by atoms with E-state index in [9.17, 15) is 4.79 Å². The molecule has 0 radical (unpaired) electrons. The fourth-order valence-corrected chi connectivity index (χ4v) is 4.40. The minimum atomic E-state index is -0.587. The lowest BCUT2D eigenvalue weighted by Crippen LogP contribution is -2.29. The Morgan fingerprint density at radius 3 is 2.79 bits per heavy atom. The summed E-state index contributed by atoms with van der Waals surface area (Å²) in [5, 5.41) is 1.42. The highest BCUT2D eigenvalue weighted by atomic mass is 35.5. The summed E-state index contributed by atoms with van der Waals surface area (Å²) in [6.07, 6.45) is 3.59. The van der Waals surface area contributed by atoms with Crippen LogP contribution >= 0.6 is 11.6 Å². The van der Waals surface area contributed by atoms with Crippen molar-refractivity contribution in [3.63, 3.8) is 0 Å². The summed E-state index contributed by atoms with van der Waals surface area (Å²) in [5.74, 6) is 1.44. The zero-order chi connectivity index (χ0) is 20.3. The quantitative estimate of drug-likeness (QED) is 0.580. The van der Waals surface area contributed by atoms with Gasteiger partial charge in [0.1, 0.15) is 17.2 Å². The second-order valence-corrected chi connectivity index (χ2v) is 7.89. The molecule has 1 saturated carbocycles. The summed E-state index contributed by atoms with van der Waals surface area (Å²) in [6, 6.07) is 1.92. The lowest BCUT2D eigenvalue weighted by molar-refractivity contribution is 0.0999. The third-order valence-corrected chi connectivity index (χ3v) is 6.16. The Balaban J connectivity index is 1.56. The molecule has 2 aliphatic rings. The van der Waals surface area contributed by atoms with Gasteiger partial charge in [0.05, 0.1) is 22.2 Å². The van der Waals surface area contributed by atoms with Crippen LogP contribution < -0.4 is 21.1 Å². The number of carbonyl (C=O) groups is 1. The number of amides is 1. The molecule has 3 aromatic heterocycles. The molecule has 2 fully saturated rings. The largest absolute Gasteiger partial charge is 0.423 e. The van der Waals surface area contributed by atoms with Crippen LogP contribution in [-0.2, 0) is 6.42 Å². The Morgan fingerprint density at radius 2 is 2.10 bits per heavy atom. The SMILES string of the molecule is CCc1[nH]c2nc(Oc3cncc(C(N)=O)c3)nc(N3CC4C(N)C4C3)c2c1Cl. The van der Waals surface area contributed by atoms with Crippen LogP contribution in [0.1, 0.15) is 23.0 Å². The zero-order valence-electron chi connectivity index (χ0n) is 15.7. The van der Waals surface area contributed by atoms with E-state index in [-0.39, 0.29) is 17.6 Å². The molecule has 2 unspecified atom stereocenters. The molecule has 1 aliphatic heterocycles.